The summed E-state index contributed by atoms with van der Waals surface area (Å²) >= 11 is 0. The number of rotatable bonds is 5. The molecule has 1 aromatic carbocycles. The molecule has 0 atom stereocenters. The zero-order valence-electron chi connectivity index (χ0n) is 10.3. The first-order valence-electron chi connectivity index (χ1n) is 5.39. The molecule has 0 unspecified atom stereocenters. The first-order chi connectivity index (χ1) is 8.21. The zero-order chi connectivity index (χ0) is 12.7. The van der Waals surface area contributed by atoms with Gasteiger partial charge in [0.2, 0.25) is 5.91 Å². The Bertz CT molecular complexity index is 413. The molecule has 0 saturated heterocycles. The Hall–Kier alpha value is -1.97. The molecule has 1 rings (SSSR count). The van der Waals surface area contributed by atoms with Gasteiger partial charge < -0.3 is 14.8 Å². The summed E-state index contributed by atoms with van der Waals surface area (Å²) in [4.78, 5) is 11.3. The van der Waals surface area contributed by atoms with Crippen molar-refractivity contribution in [3.8, 4) is 11.5 Å². The zero-order valence-corrected chi connectivity index (χ0v) is 10.3. The molecule has 0 aliphatic rings. The van der Waals surface area contributed by atoms with Gasteiger partial charge in [-0.05, 0) is 25.1 Å². The van der Waals surface area contributed by atoms with Gasteiger partial charge in [0, 0.05) is 24.3 Å². The van der Waals surface area contributed by atoms with Crippen molar-refractivity contribution in [3.63, 3.8) is 0 Å². The molecule has 0 heterocycles. The van der Waals surface area contributed by atoms with E-state index in [4.69, 9.17) is 9.47 Å². The van der Waals surface area contributed by atoms with E-state index in [9.17, 15) is 4.79 Å². The Kier molecular flexibility index (Phi) is 5.07. The van der Waals surface area contributed by atoms with Gasteiger partial charge in [0.25, 0.3) is 0 Å². The molecule has 0 bridgehead atoms. The summed E-state index contributed by atoms with van der Waals surface area (Å²) in [6.07, 6.45) is 3.19. The summed E-state index contributed by atoms with van der Waals surface area (Å²) in [5.74, 6) is 1.27. The monoisotopic (exact) mass is 235 g/mol. The highest BCUT2D eigenvalue weighted by Gasteiger charge is 2.02. The second-order valence-electron chi connectivity index (χ2n) is 3.34. The normalized spacial score (nSPS) is 10.3. The number of likely N-dealkylation sites (N-methyl/N-ethyl adjacent to an activating group) is 1. The van der Waals surface area contributed by atoms with Gasteiger partial charge in [0.1, 0.15) is 11.5 Å². The predicted molar refractivity (Wildman–Crippen MR) is 67.3 cm³/mol. The van der Waals surface area contributed by atoms with Crippen molar-refractivity contribution >= 4 is 12.0 Å². The lowest BCUT2D eigenvalue weighted by atomic mass is 10.1. The van der Waals surface area contributed by atoms with Gasteiger partial charge in [-0.3, -0.25) is 4.79 Å². The maximum Gasteiger partial charge on any atom is 0.243 e. The molecular formula is C13H17NO3. The van der Waals surface area contributed by atoms with Crippen LogP contribution in [0.5, 0.6) is 11.5 Å². The van der Waals surface area contributed by atoms with Gasteiger partial charge in [-0.1, -0.05) is 0 Å². The van der Waals surface area contributed by atoms with Crippen molar-refractivity contribution in [1.82, 2.24) is 5.32 Å². The molecule has 0 aromatic heterocycles. The third kappa shape index (κ3) is 3.83. The van der Waals surface area contributed by atoms with E-state index in [-0.39, 0.29) is 5.91 Å². The van der Waals surface area contributed by atoms with Crippen LogP contribution in [0.3, 0.4) is 0 Å². The van der Waals surface area contributed by atoms with Crippen LogP contribution in [0.2, 0.25) is 0 Å². The van der Waals surface area contributed by atoms with Crippen molar-refractivity contribution in [1.29, 1.82) is 0 Å². The lowest BCUT2D eigenvalue weighted by molar-refractivity contribution is -0.116. The van der Waals surface area contributed by atoms with Crippen LogP contribution in [-0.4, -0.2) is 26.7 Å². The molecular weight excluding hydrogens is 218 g/mol. The lowest BCUT2D eigenvalue weighted by Gasteiger charge is -2.07. The van der Waals surface area contributed by atoms with Crippen LogP contribution in [0.1, 0.15) is 12.5 Å². The van der Waals surface area contributed by atoms with Gasteiger partial charge in [0.05, 0.1) is 14.2 Å². The van der Waals surface area contributed by atoms with E-state index >= 15 is 0 Å². The number of hydrogen-bond donors (Lipinski definition) is 1. The molecule has 1 amide bonds. The highest BCUT2D eigenvalue weighted by molar-refractivity contribution is 5.92. The summed E-state index contributed by atoms with van der Waals surface area (Å²) in [7, 11) is 3.18. The van der Waals surface area contributed by atoms with Crippen LogP contribution in [0.15, 0.2) is 24.3 Å². The molecule has 17 heavy (non-hydrogen) atoms. The van der Waals surface area contributed by atoms with Crippen LogP contribution in [0.4, 0.5) is 0 Å². The highest BCUT2D eigenvalue weighted by atomic mass is 16.5. The van der Waals surface area contributed by atoms with Crippen LogP contribution in [-0.2, 0) is 4.79 Å². The fraction of sp³-hybridized carbons (Fsp3) is 0.308. The quantitative estimate of drug-likeness (QED) is 0.792. The number of amides is 1. The van der Waals surface area contributed by atoms with Gasteiger partial charge >= 0.3 is 0 Å². The number of carbonyl (C=O) groups is 1. The first kappa shape index (κ1) is 13.1. The number of nitrogens with one attached hydrogen (secondary N) is 1. The van der Waals surface area contributed by atoms with E-state index in [1.54, 1.807) is 26.4 Å². The second kappa shape index (κ2) is 6.58. The van der Waals surface area contributed by atoms with E-state index in [0.717, 1.165) is 11.3 Å². The first-order valence-corrected chi connectivity index (χ1v) is 5.39. The topological polar surface area (TPSA) is 47.6 Å². The summed E-state index contributed by atoms with van der Waals surface area (Å²) in [6, 6.07) is 5.44. The van der Waals surface area contributed by atoms with Crippen molar-refractivity contribution < 1.29 is 14.3 Å². The minimum absolute atomic E-state index is 0.120. The van der Waals surface area contributed by atoms with E-state index in [1.165, 1.54) is 6.08 Å². The van der Waals surface area contributed by atoms with Gasteiger partial charge in [-0.25, -0.2) is 0 Å². The fourth-order valence-electron chi connectivity index (χ4n) is 1.35. The van der Waals surface area contributed by atoms with Gasteiger partial charge in [0.15, 0.2) is 0 Å². The molecule has 92 valence electrons. The smallest absolute Gasteiger partial charge is 0.243 e. The van der Waals surface area contributed by atoms with Crippen molar-refractivity contribution in [3.05, 3.63) is 29.8 Å². The Balaban J connectivity index is 2.87. The predicted octanol–water partition coefficient (Wildman–Crippen LogP) is 1.85. The lowest BCUT2D eigenvalue weighted by Crippen LogP contribution is -2.19. The fourth-order valence-corrected chi connectivity index (χ4v) is 1.35. The highest BCUT2D eigenvalue weighted by Crippen LogP contribution is 2.25. The van der Waals surface area contributed by atoms with E-state index < -0.39 is 0 Å². The van der Waals surface area contributed by atoms with Crippen molar-refractivity contribution in [2.24, 2.45) is 0 Å². The van der Waals surface area contributed by atoms with Crippen molar-refractivity contribution in [2.45, 2.75) is 6.92 Å². The Morgan fingerprint density at radius 3 is 2.71 bits per heavy atom. The van der Waals surface area contributed by atoms with E-state index in [0.29, 0.717) is 12.3 Å². The standard InChI is InChI=1S/C13H17NO3/c1-4-14-13(15)8-6-10-5-7-11(16-2)9-12(10)17-3/h5-9H,4H2,1-3H3,(H,14,15). The number of benzene rings is 1. The maximum atomic E-state index is 11.3. The van der Waals surface area contributed by atoms with Gasteiger partial charge in [-0.15, -0.1) is 0 Å². The number of ether oxygens (including phenoxy) is 2. The Morgan fingerprint density at radius 2 is 2.12 bits per heavy atom. The second-order valence-corrected chi connectivity index (χ2v) is 3.34. The number of methoxy groups -OCH3 is 2. The average molecular weight is 235 g/mol. The van der Waals surface area contributed by atoms with E-state index in [1.807, 2.05) is 19.1 Å². The molecule has 4 heteroatoms. The largest absolute Gasteiger partial charge is 0.497 e. The molecule has 0 spiro atoms. The van der Waals surface area contributed by atoms with Crippen LogP contribution >= 0.6 is 0 Å². The minimum atomic E-state index is -0.120. The molecule has 1 N–H and O–H groups in total. The minimum Gasteiger partial charge on any atom is -0.497 e. The third-order valence-corrected chi connectivity index (χ3v) is 2.21. The SMILES string of the molecule is CCNC(=O)C=Cc1ccc(OC)cc1OC. The molecule has 4 nitrogen and oxygen atoms in total. The van der Waals surface area contributed by atoms with Crippen LogP contribution in [0.25, 0.3) is 6.08 Å². The van der Waals surface area contributed by atoms with Gasteiger partial charge in [-0.2, -0.15) is 0 Å². The van der Waals surface area contributed by atoms with Crippen LogP contribution in [0, 0.1) is 0 Å². The molecule has 1 aromatic rings. The summed E-state index contributed by atoms with van der Waals surface area (Å²) in [5, 5.41) is 2.68. The number of carbonyl (C=O) groups excluding carboxylic acids is 1. The number of hydrogen-bond acceptors (Lipinski definition) is 3. The van der Waals surface area contributed by atoms with Crippen molar-refractivity contribution in [2.75, 3.05) is 20.8 Å². The maximum absolute atomic E-state index is 11.3. The molecule has 0 radical (unpaired) electrons. The Morgan fingerprint density at radius 1 is 1.35 bits per heavy atom. The molecule has 0 aliphatic carbocycles. The molecule has 0 fully saturated rings. The average Bonchev–Trinajstić information content (AvgIpc) is 2.36. The third-order valence-electron chi connectivity index (χ3n) is 2.21. The molecule has 0 saturated carbocycles. The van der Waals surface area contributed by atoms with E-state index in [2.05, 4.69) is 5.32 Å². The van der Waals surface area contributed by atoms with Crippen LogP contribution < -0.4 is 14.8 Å². The summed E-state index contributed by atoms with van der Waals surface area (Å²) in [6.45, 7) is 2.49. The molecule has 0 aliphatic heterocycles. The summed E-state index contributed by atoms with van der Waals surface area (Å²) in [5.41, 5.74) is 0.833. The summed E-state index contributed by atoms with van der Waals surface area (Å²) < 4.78 is 10.3. The Labute approximate surface area is 101 Å².